The molecule has 7 heteroatoms. The third kappa shape index (κ3) is 2.66. The number of carbonyl (C=O) groups is 1. The Hall–Kier alpha value is -2.31. The SMILES string of the molecule is CC1=CCCN(C(=O)c2cc(F)c(F)cc2[N+](=O)[O-])C1. The molecule has 1 aromatic carbocycles. The second kappa shape index (κ2) is 5.36. The number of benzene rings is 1. The van der Waals surface area contributed by atoms with E-state index in [1.54, 1.807) is 0 Å². The maximum absolute atomic E-state index is 13.2. The van der Waals surface area contributed by atoms with Gasteiger partial charge in [0.15, 0.2) is 11.6 Å². The molecule has 1 aliphatic heterocycles. The molecule has 20 heavy (non-hydrogen) atoms. The summed E-state index contributed by atoms with van der Waals surface area (Å²) in [4.78, 5) is 23.6. The Morgan fingerprint density at radius 3 is 2.60 bits per heavy atom. The van der Waals surface area contributed by atoms with Gasteiger partial charge in [-0.1, -0.05) is 11.6 Å². The molecule has 1 aromatic rings. The summed E-state index contributed by atoms with van der Waals surface area (Å²) in [5.41, 5.74) is -0.195. The molecule has 0 fully saturated rings. The second-order valence-corrected chi connectivity index (χ2v) is 4.61. The first-order chi connectivity index (χ1) is 9.40. The van der Waals surface area contributed by atoms with Crippen LogP contribution in [0.5, 0.6) is 0 Å². The molecule has 5 nitrogen and oxygen atoms in total. The summed E-state index contributed by atoms with van der Waals surface area (Å²) in [6.45, 7) is 2.56. The van der Waals surface area contributed by atoms with Crippen molar-refractivity contribution >= 4 is 11.6 Å². The molecular formula is C13H12F2N2O3. The number of nitro groups is 1. The molecule has 0 N–H and O–H groups in total. The van der Waals surface area contributed by atoms with Crippen molar-refractivity contribution in [2.24, 2.45) is 0 Å². The summed E-state index contributed by atoms with van der Waals surface area (Å²) in [6, 6.07) is 1.03. The molecule has 0 unspecified atom stereocenters. The molecule has 0 radical (unpaired) electrons. The van der Waals surface area contributed by atoms with Gasteiger partial charge in [0.25, 0.3) is 11.6 Å². The third-order valence-electron chi connectivity index (χ3n) is 3.09. The highest BCUT2D eigenvalue weighted by Crippen LogP contribution is 2.25. The number of halogens is 2. The highest BCUT2D eigenvalue weighted by atomic mass is 19.2. The van der Waals surface area contributed by atoms with E-state index in [0.717, 1.165) is 5.57 Å². The Labute approximate surface area is 113 Å². The molecule has 0 spiro atoms. The van der Waals surface area contributed by atoms with Crippen molar-refractivity contribution in [2.45, 2.75) is 13.3 Å². The lowest BCUT2D eigenvalue weighted by Crippen LogP contribution is -2.35. The van der Waals surface area contributed by atoms with Crippen LogP contribution in [-0.2, 0) is 0 Å². The van der Waals surface area contributed by atoms with Gasteiger partial charge in [0.05, 0.1) is 11.0 Å². The van der Waals surface area contributed by atoms with Gasteiger partial charge in [0.1, 0.15) is 5.56 Å². The molecule has 0 atom stereocenters. The lowest BCUT2D eigenvalue weighted by atomic mass is 10.1. The van der Waals surface area contributed by atoms with E-state index in [1.165, 1.54) is 4.90 Å². The molecule has 106 valence electrons. The highest BCUT2D eigenvalue weighted by Gasteiger charge is 2.28. The number of amides is 1. The topological polar surface area (TPSA) is 63.5 Å². The molecule has 0 aliphatic carbocycles. The van der Waals surface area contributed by atoms with Crippen LogP contribution in [0.15, 0.2) is 23.8 Å². The average molecular weight is 282 g/mol. The van der Waals surface area contributed by atoms with Crippen LogP contribution in [0.3, 0.4) is 0 Å². The zero-order valence-corrected chi connectivity index (χ0v) is 10.7. The normalized spacial score (nSPS) is 14.9. The molecule has 2 rings (SSSR count). The summed E-state index contributed by atoms with van der Waals surface area (Å²) in [7, 11) is 0. The van der Waals surface area contributed by atoms with Crippen LogP contribution in [0.4, 0.5) is 14.5 Å². The van der Waals surface area contributed by atoms with Crippen LogP contribution in [0, 0.1) is 21.7 Å². The predicted octanol–water partition coefficient (Wildman–Crippen LogP) is 2.67. The Balaban J connectivity index is 2.41. The van der Waals surface area contributed by atoms with Crippen LogP contribution in [0.25, 0.3) is 0 Å². The summed E-state index contributed by atoms with van der Waals surface area (Å²) in [6.07, 6.45) is 2.60. The van der Waals surface area contributed by atoms with Crippen molar-refractivity contribution in [3.63, 3.8) is 0 Å². The van der Waals surface area contributed by atoms with E-state index in [9.17, 15) is 23.7 Å². The quantitative estimate of drug-likeness (QED) is 0.476. The van der Waals surface area contributed by atoms with Crippen molar-refractivity contribution in [3.8, 4) is 0 Å². The first-order valence-electron chi connectivity index (χ1n) is 5.98. The molecule has 0 bridgehead atoms. The Kier molecular flexibility index (Phi) is 3.78. The fraction of sp³-hybridized carbons (Fsp3) is 0.308. The molecule has 1 heterocycles. The first-order valence-corrected chi connectivity index (χ1v) is 5.98. The Bertz CT molecular complexity index is 614. The largest absolute Gasteiger partial charge is 0.334 e. The molecule has 0 aromatic heterocycles. The zero-order chi connectivity index (χ0) is 14.9. The molecular weight excluding hydrogens is 270 g/mol. The van der Waals surface area contributed by atoms with E-state index in [0.29, 0.717) is 31.6 Å². The monoisotopic (exact) mass is 282 g/mol. The molecule has 0 saturated carbocycles. The molecule has 0 saturated heterocycles. The van der Waals surface area contributed by atoms with E-state index in [4.69, 9.17) is 0 Å². The van der Waals surface area contributed by atoms with Gasteiger partial charge in [0.2, 0.25) is 0 Å². The number of nitro benzene ring substituents is 1. The van der Waals surface area contributed by atoms with Crippen molar-refractivity contribution < 1.29 is 18.5 Å². The lowest BCUT2D eigenvalue weighted by molar-refractivity contribution is -0.385. The van der Waals surface area contributed by atoms with E-state index < -0.39 is 33.7 Å². The number of hydrogen-bond donors (Lipinski definition) is 0. The third-order valence-corrected chi connectivity index (χ3v) is 3.09. The standard InChI is InChI=1S/C13H12F2N2O3/c1-8-3-2-4-16(7-8)13(18)9-5-10(14)11(15)6-12(9)17(19)20/h3,5-6H,2,4,7H2,1H3. The van der Waals surface area contributed by atoms with Crippen molar-refractivity contribution in [2.75, 3.05) is 13.1 Å². The molecule has 1 aliphatic rings. The van der Waals surface area contributed by atoms with E-state index in [-0.39, 0.29) is 0 Å². The number of rotatable bonds is 2. The van der Waals surface area contributed by atoms with Crippen molar-refractivity contribution in [1.29, 1.82) is 0 Å². The first kappa shape index (κ1) is 14.1. The summed E-state index contributed by atoms with van der Waals surface area (Å²) >= 11 is 0. The van der Waals surface area contributed by atoms with Crippen LogP contribution < -0.4 is 0 Å². The minimum absolute atomic E-state index is 0.328. The van der Waals surface area contributed by atoms with Crippen LogP contribution in [0.1, 0.15) is 23.7 Å². The fourth-order valence-electron chi connectivity index (χ4n) is 2.11. The minimum Gasteiger partial charge on any atom is -0.334 e. The van der Waals surface area contributed by atoms with Gasteiger partial charge in [0, 0.05) is 13.1 Å². The van der Waals surface area contributed by atoms with Crippen molar-refractivity contribution in [3.05, 3.63) is 51.1 Å². The number of nitrogens with zero attached hydrogens (tertiary/aromatic N) is 2. The second-order valence-electron chi connectivity index (χ2n) is 4.61. The maximum Gasteiger partial charge on any atom is 0.285 e. The summed E-state index contributed by atoms with van der Waals surface area (Å²) < 4.78 is 26.3. The van der Waals surface area contributed by atoms with Gasteiger partial charge in [-0.25, -0.2) is 8.78 Å². The van der Waals surface area contributed by atoms with Gasteiger partial charge in [-0.3, -0.25) is 14.9 Å². The fourth-order valence-corrected chi connectivity index (χ4v) is 2.11. The van der Waals surface area contributed by atoms with Gasteiger partial charge < -0.3 is 4.90 Å². The minimum atomic E-state index is -1.34. The van der Waals surface area contributed by atoms with E-state index >= 15 is 0 Å². The molecule has 1 amide bonds. The lowest BCUT2D eigenvalue weighted by Gasteiger charge is -2.26. The van der Waals surface area contributed by atoms with Gasteiger partial charge in [-0.2, -0.15) is 0 Å². The van der Waals surface area contributed by atoms with Crippen LogP contribution in [0.2, 0.25) is 0 Å². The van der Waals surface area contributed by atoms with Gasteiger partial charge >= 0.3 is 0 Å². The zero-order valence-electron chi connectivity index (χ0n) is 10.7. The average Bonchev–Trinajstić information content (AvgIpc) is 2.40. The Morgan fingerprint density at radius 2 is 2.00 bits per heavy atom. The van der Waals surface area contributed by atoms with E-state index in [1.807, 2.05) is 13.0 Å². The smallest absolute Gasteiger partial charge is 0.285 e. The van der Waals surface area contributed by atoms with Crippen molar-refractivity contribution in [1.82, 2.24) is 4.90 Å². The number of hydrogen-bond acceptors (Lipinski definition) is 3. The van der Waals surface area contributed by atoms with Gasteiger partial charge in [-0.15, -0.1) is 0 Å². The summed E-state index contributed by atoms with van der Waals surface area (Å²) in [5, 5.41) is 10.9. The highest BCUT2D eigenvalue weighted by molar-refractivity contribution is 5.98. The van der Waals surface area contributed by atoms with E-state index in [2.05, 4.69) is 0 Å². The predicted molar refractivity (Wildman–Crippen MR) is 67.3 cm³/mol. The van der Waals surface area contributed by atoms with Gasteiger partial charge in [-0.05, 0) is 19.4 Å². The maximum atomic E-state index is 13.2. The van der Waals surface area contributed by atoms with Crippen LogP contribution >= 0.6 is 0 Å². The Morgan fingerprint density at radius 1 is 1.35 bits per heavy atom. The number of carbonyl (C=O) groups excluding carboxylic acids is 1. The van der Waals surface area contributed by atoms with Crippen LogP contribution in [-0.4, -0.2) is 28.8 Å². The summed E-state index contributed by atoms with van der Waals surface area (Å²) in [5.74, 6) is -3.28.